The van der Waals surface area contributed by atoms with E-state index in [-0.39, 0.29) is 22.2 Å². The minimum absolute atomic E-state index is 0.0705. The van der Waals surface area contributed by atoms with E-state index in [1.165, 1.54) is 12.1 Å². The second-order valence-electron chi connectivity index (χ2n) is 3.28. The van der Waals surface area contributed by atoms with Gasteiger partial charge in [0.1, 0.15) is 0 Å². The lowest BCUT2D eigenvalue weighted by Crippen LogP contribution is -2.30. The molecule has 0 radical (unpaired) electrons. The standard InChI is InChI=1S/C10H12ClN3O3/c1-12-4-5-13-10(15)8-3-2-7(14(16)17)6-9(8)11/h2-3,6,12H,4-5H2,1H3,(H,13,15). The lowest BCUT2D eigenvalue weighted by atomic mass is 10.2. The second kappa shape index (κ2) is 6.17. The molecular formula is C10H12ClN3O3. The maximum absolute atomic E-state index is 11.6. The Hall–Kier alpha value is -1.66. The van der Waals surface area contributed by atoms with Gasteiger partial charge in [-0.1, -0.05) is 11.6 Å². The number of amides is 1. The first-order chi connectivity index (χ1) is 8.06. The minimum atomic E-state index is -0.561. The molecule has 7 heteroatoms. The van der Waals surface area contributed by atoms with Gasteiger partial charge in [-0.25, -0.2) is 0 Å². The molecule has 1 rings (SSSR count). The summed E-state index contributed by atoms with van der Waals surface area (Å²) in [5.41, 5.74) is 0.0927. The molecular weight excluding hydrogens is 246 g/mol. The van der Waals surface area contributed by atoms with E-state index in [0.29, 0.717) is 13.1 Å². The van der Waals surface area contributed by atoms with E-state index in [1.54, 1.807) is 7.05 Å². The van der Waals surface area contributed by atoms with Gasteiger partial charge in [0.05, 0.1) is 15.5 Å². The van der Waals surface area contributed by atoms with Crippen LogP contribution in [0.4, 0.5) is 5.69 Å². The van der Waals surface area contributed by atoms with Crippen LogP contribution in [-0.4, -0.2) is 31.0 Å². The molecule has 92 valence electrons. The topological polar surface area (TPSA) is 84.3 Å². The van der Waals surface area contributed by atoms with Gasteiger partial charge in [-0.2, -0.15) is 0 Å². The predicted octanol–water partition coefficient (Wildman–Crippen LogP) is 1.20. The van der Waals surface area contributed by atoms with Crippen molar-refractivity contribution >= 4 is 23.2 Å². The zero-order chi connectivity index (χ0) is 12.8. The third kappa shape index (κ3) is 3.69. The first kappa shape index (κ1) is 13.4. The van der Waals surface area contributed by atoms with E-state index in [4.69, 9.17) is 11.6 Å². The summed E-state index contributed by atoms with van der Waals surface area (Å²) in [7, 11) is 1.77. The zero-order valence-corrected chi connectivity index (χ0v) is 9.95. The van der Waals surface area contributed by atoms with Gasteiger partial charge in [0, 0.05) is 25.2 Å². The number of likely N-dealkylation sites (N-methyl/N-ethyl adjacent to an activating group) is 1. The van der Waals surface area contributed by atoms with Gasteiger partial charge in [0.2, 0.25) is 0 Å². The molecule has 0 unspecified atom stereocenters. The molecule has 17 heavy (non-hydrogen) atoms. The number of non-ortho nitro benzene ring substituents is 1. The van der Waals surface area contributed by atoms with Crippen LogP contribution in [0.25, 0.3) is 0 Å². The molecule has 2 N–H and O–H groups in total. The van der Waals surface area contributed by atoms with Crippen LogP contribution in [0.2, 0.25) is 5.02 Å². The number of hydrogen-bond acceptors (Lipinski definition) is 4. The number of halogens is 1. The number of benzene rings is 1. The van der Waals surface area contributed by atoms with Crippen molar-refractivity contribution in [3.8, 4) is 0 Å². The summed E-state index contributed by atoms with van der Waals surface area (Å²) in [5.74, 6) is -0.347. The Balaban J connectivity index is 2.78. The van der Waals surface area contributed by atoms with Crippen LogP contribution in [0.5, 0.6) is 0 Å². The molecule has 0 heterocycles. The Morgan fingerprint density at radius 1 is 1.47 bits per heavy atom. The molecule has 0 spiro atoms. The van der Waals surface area contributed by atoms with Crippen molar-refractivity contribution in [3.63, 3.8) is 0 Å². The van der Waals surface area contributed by atoms with Crippen LogP contribution >= 0.6 is 11.6 Å². The van der Waals surface area contributed by atoms with E-state index < -0.39 is 4.92 Å². The highest BCUT2D eigenvalue weighted by Gasteiger charge is 2.14. The molecule has 0 fully saturated rings. The SMILES string of the molecule is CNCCNC(=O)c1ccc([N+](=O)[O-])cc1Cl. The number of nitrogens with one attached hydrogen (secondary N) is 2. The van der Waals surface area contributed by atoms with E-state index in [0.717, 1.165) is 6.07 Å². The van der Waals surface area contributed by atoms with Gasteiger partial charge in [0.25, 0.3) is 11.6 Å². The van der Waals surface area contributed by atoms with Crippen LogP contribution in [0.1, 0.15) is 10.4 Å². The molecule has 0 aliphatic heterocycles. The maximum Gasteiger partial charge on any atom is 0.270 e. The summed E-state index contributed by atoms with van der Waals surface area (Å²) in [6.45, 7) is 1.10. The van der Waals surface area contributed by atoms with E-state index >= 15 is 0 Å². The van der Waals surface area contributed by atoms with Crippen molar-refractivity contribution in [2.45, 2.75) is 0 Å². The number of carbonyl (C=O) groups excluding carboxylic acids is 1. The monoisotopic (exact) mass is 257 g/mol. The van der Waals surface area contributed by atoms with Gasteiger partial charge in [0.15, 0.2) is 0 Å². The highest BCUT2D eigenvalue weighted by atomic mass is 35.5. The Kier molecular flexibility index (Phi) is 4.86. The lowest BCUT2D eigenvalue weighted by Gasteiger charge is -2.06. The fourth-order valence-corrected chi connectivity index (χ4v) is 1.46. The fraction of sp³-hybridized carbons (Fsp3) is 0.300. The number of nitro groups is 1. The summed E-state index contributed by atoms with van der Waals surface area (Å²) in [6.07, 6.45) is 0. The van der Waals surface area contributed by atoms with Crippen molar-refractivity contribution in [2.24, 2.45) is 0 Å². The molecule has 0 aromatic heterocycles. The number of rotatable bonds is 5. The smallest absolute Gasteiger partial charge is 0.270 e. The summed E-state index contributed by atoms with van der Waals surface area (Å²) in [5, 5.41) is 16.1. The number of nitro benzene ring substituents is 1. The van der Waals surface area contributed by atoms with Crippen molar-refractivity contribution < 1.29 is 9.72 Å². The second-order valence-corrected chi connectivity index (χ2v) is 3.69. The van der Waals surface area contributed by atoms with Crippen molar-refractivity contribution in [2.75, 3.05) is 20.1 Å². The predicted molar refractivity (Wildman–Crippen MR) is 64.4 cm³/mol. The van der Waals surface area contributed by atoms with Crippen molar-refractivity contribution in [1.82, 2.24) is 10.6 Å². The highest BCUT2D eigenvalue weighted by Crippen LogP contribution is 2.22. The third-order valence-corrected chi connectivity index (χ3v) is 2.38. The summed E-state index contributed by atoms with van der Waals surface area (Å²) >= 11 is 5.80. The molecule has 0 aliphatic rings. The minimum Gasteiger partial charge on any atom is -0.351 e. The largest absolute Gasteiger partial charge is 0.351 e. The molecule has 6 nitrogen and oxygen atoms in total. The zero-order valence-electron chi connectivity index (χ0n) is 9.20. The summed E-state index contributed by atoms with van der Waals surface area (Å²) in [6, 6.07) is 3.75. The van der Waals surface area contributed by atoms with Gasteiger partial charge < -0.3 is 10.6 Å². The molecule has 0 bridgehead atoms. The highest BCUT2D eigenvalue weighted by molar-refractivity contribution is 6.34. The normalized spacial score (nSPS) is 10.0. The summed E-state index contributed by atoms with van der Waals surface area (Å²) in [4.78, 5) is 21.6. The lowest BCUT2D eigenvalue weighted by molar-refractivity contribution is -0.384. The van der Waals surface area contributed by atoms with Crippen LogP contribution in [-0.2, 0) is 0 Å². The van der Waals surface area contributed by atoms with Crippen LogP contribution < -0.4 is 10.6 Å². The van der Waals surface area contributed by atoms with Gasteiger partial charge in [-0.15, -0.1) is 0 Å². The third-order valence-electron chi connectivity index (χ3n) is 2.07. The van der Waals surface area contributed by atoms with E-state index in [2.05, 4.69) is 10.6 Å². The van der Waals surface area contributed by atoms with Crippen LogP contribution in [0.15, 0.2) is 18.2 Å². The van der Waals surface area contributed by atoms with E-state index in [1.807, 2.05) is 0 Å². The number of nitrogens with zero attached hydrogens (tertiary/aromatic N) is 1. The quantitative estimate of drug-likeness (QED) is 0.472. The Morgan fingerprint density at radius 3 is 2.71 bits per heavy atom. The molecule has 1 amide bonds. The van der Waals surface area contributed by atoms with Gasteiger partial charge in [-0.3, -0.25) is 14.9 Å². The van der Waals surface area contributed by atoms with Crippen molar-refractivity contribution in [1.29, 1.82) is 0 Å². The average molecular weight is 258 g/mol. The number of carbonyl (C=O) groups is 1. The van der Waals surface area contributed by atoms with Crippen molar-refractivity contribution in [3.05, 3.63) is 38.9 Å². The van der Waals surface area contributed by atoms with Crippen LogP contribution in [0.3, 0.4) is 0 Å². The Morgan fingerprint density at radius 2 is 2.18 bits per heavy atom. The number of hydrogen-bond donors (Lipinski definition) is 2. The maximum atomic E-state index is 11.6. The first-order valence-corrected chi connectivity index (χ1v) is 5.30. The first-order valence-electron chi connectivity index (χ1n) is 4.93. The fourth-order valence-electron chi connectivity index (χ4n) is 1.20. The Bertz CT molecular complexity index is 437. The molecule has 0 saturated heterocycles. The van der Waals surface area contributed by atoms with Gasteiger partial charge >= 0.3 is 0 Å². The van der Waals surface area contributed by atoms with E-state index in [9.17, 15) is 14.9 Å². The molecule has 1 aromatic rings. The van der Waals surface area contributed by atoms with Gasteiger partial charge in [-0.05, 0) is 13.1 Å². The van der Waals surface area contributed by atoms with Crippen LogP contribution in [0, 0.1) is 10.1 Å². The molecule has 0 saturated carbocycles. The molecule has 1 aromatic carbocycles. The summed E-state index contributed by atoms with van der Waals surface area (Å²) < 4.78 is 0. The Labute approximate surface area is 103 Å². The molecule has 0 atom stereocenters. The average Bonchev–Trinajstić information content (AvgIpc) is 2.28. The molecule has 0 aliphatic carbocycles.